The number of carbonyl (C=O) groups excluding carboxylic acids is 1. The highest BCUT2D eigenvalue weighted by Gasteiger charge is 2.26. The Morgan fingerprint density at radius 1 is 1.16 bits per heavy atom. The number of rotatable bonds is 12. The van der Waals surface area contributed by atoms with E-state index in [-0.39, 0.29) is 12.5 Å². The molecule has 0 radical (unpaired) electrons. The van der Waals surface area contributed by atoms with Crippen LogP contribution >= 0.6 is 0 Å². The Morgan fingerprint density at radius 3 is 2.26 bits per heavy atom. The van der Waals surface area contributed by atoms with Crippen molar-refractivity contribution in [3.63, 3.8) is 0 Å². The summed E-state index contributed by atoms with van der Waals surface area (Å²) >= 11 is 0. The van der Waals surface area contributed by atoms with Gasteiger partial charge >= 0.3 is 0 Å². The Labute approximate surface area is 118 Å². The molecule has 0 bridgehead atoms. The van der Waals surface area contributed by atoms with Gasteiger partial charge in [0.1, 0.15) is 12.6 Å². The topological polar surface area (TPSA) is 60.4 Å². The molecule has 0 rings (SSSR count). The normalized spacial score (nSPS) is 13.5. The second-order valence-corrected chi connectivity index (χ2v) is 5.51. The quantitative estimate of drug-likeness (QED) is 0.431. The van der Waals surface area contributed by atoms with Crippen molar-refractivity contribution in [2.45, 2.75) is 65.4 Å². The van der Waals surface area contributed by atoms with Crippen molar-refractivity contribution in [2.24, 2.45) is 0 Å². The van der Waals surface area contributed by atoms with Gasteiger partial charge in [0.25, 0.3) is 0 Å². The zero-order valence-electron chi connectivity index (χ0n) is 12.9. The van der Waals surface area contributed by atoms with Gasteiger partial charge in [-0.05, 0) is 20.3 Å². The van der Waals surface area contributed by atoms with E-state index in [1.54, 1.807) is 0 Å². The highest BCUT2D eigenvalue weighted by molar-refractivity contribution is 5.64. The second kappa shape index (κ2) is 10.2. The molecule has 0 saturated carbocycles. The molecule has 0 spiro atoms. The van der Waals surface area contributed by atoms with Gasteiger partial charge in [0.15, 0.2) is 0 Å². The smallest absolute Gasteiger partial charge is 0.105 e. The number of carboxylic acids is 1. The lowest BCUT2D eigenvalue weighted by Crippen LogP contribution is -2.53. The molecule has 0 aromatic carbocycles. The highest BCUT2D eigenvalue weighted by Crippen LogP contribution is 2.13. The zero-order chi connectivity index (χ0) is 14.7. The number of aliphatic hydroxyl groups excluding tert-OH is 1. The van der Waals surface area contributed by atoms with E-state index < -0.39 is 5.97 Å². The van der Waals surface area contributed by atoms with E-state index in [1.807, 2.05) is 0 Å². The molecular weight excluding hydrogens is 242 g/mol. The fourth-order valence-electron chi connectivity index (χ4n) is 2.56. The zero-order valence-corrected chi connectivity index (χ0v) is 12.9. The molecule has 114 valence electrons. The maximum absolute atomic E-state index is 10.6. The third-order valence-corrected chi connectivity index (χ3v) is 4.12. The number of aliphatic carboxylic acids is 1. The van der Waals surface area contributed by atoms with E-state index in [0.717, 1.165) is 25.9 Å². The minimum absolute atomic E-state index is 0.0736. The number of aliphatic hydroxyl groups is 1. The first kappa shape index (κ1) is 18.4. The number of hydrogen-bond donors (Lipinski definition) is 1. The lowest BCUT2D eigenvalue weighted by Gasteiger charge is -2.38. The van der Waals surface area contributed by atoms with Crippen LogP contribution in [-0.2, 0) is 4.79 Å². The van der Waals surface area contributed by atoms with Crippen LogP contribution < -0.4 is 5.11 Å². The van der Waals surface area contributed by atoms with E-state index in [4.69, 9.17) is 0 Å². The first-order valence-corrected chi connectivity index (χ1v) is 7.72. The van der Waals surface area contributed by atoms with Crippen molar-refractivity contribution in [2.75, 3.05) is 26.2 Å². The maximum Gasteiger partial charge on any atom is 0.105 e. The van der Waals surface area contributed by atoms with Crippen LogP contribution in [-0.4, -0.2) is 47.8 Å². The molecule has 0 aliphatic carbocycles. The average molecular weight is 273 g/mol. The molecule has 0 saturated heterocycles. The monoisotopic (exact) mass is 273 g/mol. The van der Waals surface area contributed by atoms with Gasteiger partial charge in [-0.15, -0.1) is 0 Å². The summed E-state index contributed by atoms with van der Waals surface area (Å²) in [5, 5.41) is 20.8. The molecular formula is C15H31NO3. The molecule has 4 heteroatoms. The van der Waals surface area contributed by atoms with Crippen LogP contribution in [0.15, 0.2) is 0 Å². The Bertz CT molecular complexity index is 240. The van der Waals surface area contributed by atoms with Crippen LogP contribution in [0.4, 0.5) is 0 Å². The fourth-order valence-corrected chi connectivity index (χ4v) is 2.56. The summed E-state index contributed by atoms with van der Waals surface area (Å²) in [4.78, 5) is 10.6. The first-order chi connectivity index (χ1) is 8.99. The Balaban J connectivity index is 4.19. The number of carboxylic acid groups (broad SMARTS) is 1. The van der Waals surface area contributed by atoms with Crippen LogP contribution in [0, 0.1) is 0 Å². The van der Waals surface area contributed by atoms with Crippen LogP contribution in [0.1, 0.15) is 59.3 Å². The molecule has 0 aliphatic heterocycles. The van der Waals surface area contributed by atoms with Gasteiger partial charge in [-0.3, -0.25) is 0 Å². The molecule has 0 aliphatic rings. The van der Waals surface area contributed by atoms with E-state index in [9.17, 15) is 15.0 Å². The standard InChI is InChI=1S/C15H31NO3/c1-4-7-8-9-10-14(17)13-16(5-2,6-3)12-11-15(18)19/h14,17H,4-13H2,1-3H3. The molecule has 0 aromatic rings. The third kappa shape index (κ3) is 8.22. The van der Waals surface area contributed by atoms with E-state index in [0.29, 0.717) is 17.6 Å². The molecule has 19 heavy (non-hydrogen) atoms. The van der Waals surface area contributed by atoms with E-state index in [2.05, 4.69) is 20.8 Å². The fraction of sp³-hybridized carbons (Fsp3) is 0.933. The van der Waals surface area contributed by atoms with Gasteiger partial charge < -0.3 is 19.5 Å². The largest absolute Gasteiger partial charge is 0.550 e. The highest BCUT2D eigenvalue weighted by atomic mass is 16.4. The molecule has 0 heterocycles. The van der Waals surface area contributed by atoms with Crippen molar-refractivity contribution < 1.29 is 19.5 Å². The summed E-state index contributed by atoms with van der Waals surface area (Å²) in [5.41, 5.74) is 0. The van der Waals surface area contributed by atoms with E-state index in [1.165, 1.54) is 19.3 Å². The van der Waals surface area contributed by atoms with Crippen LogP contribution in [0.3, 0.4) is 0 Å². The van der Waals surface area contributed by atoms with Crippen LogP contribution in [0.25, 0.3) is 0 Å². The van der Waals surface area contributed by atoms with Crippen LogP contribution in [0.5, 0.6) is 0 Å². The summed E-state index contributed by atoms with van der Waals surface area (Å²) in [6.07, 6.45) is 5.23. The number of carbonyl (C=O) groups is 1. The molecule has 4 nitrogen and oxygen atoms in total. The summed E-state index contributed by atoms with van der Waals surface area (Å²) in [5.74, 6) is -0.998. The Kier molecular flexibility index (Phi) is 9.88. The minimum Gasteiger partial charge on any atom is -0.550 e. The average Bonchev–Trinajstić information content (AvgIpc) is 2.39. The molecule has 1 atom stereocenters. The summed E-state index contributed by atoms with van der Waals surface area (Å²) in [6, 6.07) is 0. The van der Waals surface area contributed by atoms with Gasteiger partial charge in [0.05, 0.1) is 19.6 Å². The molecule has 1 unspecified atom stereocenters. The van der Waals surface area contributed by atoms with Gasteiger partial charge in [-0.2, -0.15) is 0 Å². The third-order valence-electron chi connectivity index (χ3n) is 4.12. The van der Waals surface area contributed by atoms with Crippen molar-refractivity contribution >= 4 is 5.97 Å². The first-order valence-electron chi connectivity index (χ1n) is 7.72. The van der Waals surface area contributed by atoms with E-state index >= 15 is 0 Å². The van der Waals surface area contributed by atoms with Gasteiger partial charge in [-0.1, -0.05) is 32.6 Å². The Hall–Kier alpha value is -0.610. The van der Waals surface area contributed by atoms with Crippen molar-refractivity contribution in [3.05, 3.63) is 0 Å². The molecule has 0 amide bonds. The van der Waals surface area contributed by atoms with Gasteiger partial charge in [0, 0.05) is 12.4 Å². The minimum atomic E-state index is -0.998. The SMILES string of the molecule is CCCCCCC(O)C[N+](CC)(CC)CCC(=O)[O-]. The number of likely N-dealkylation sites (N-methyl/N-ethyl adjacent to an activating group) is 1. The molecule has 1 N–H and O–H groups in total. The number of hydrogen-bond acceptors (Lipinski definition) is 3. The number of unbranched alkanes of at least 4 members (excludes halogenated alkanes) is 3. The number of quaternary nitrogens is 1. The van der Waals surface area contributed by atoms with Crippen molar-refractivity contribution in [1.82, 2.24) is 0 Å². The molecule has 0 fully saturated rings. The van der Waals surface area contributed by atoms with Gasteiger partial charge in [0.2, 0.25) is 0 Å². The predicted octanol–water partition coefficient (Wildman–Crippen LogP) is 1.31. The van der Waals surface area contributed by atoms with Gasteiger partial charge in [-0.25, -0.2) is 0 Å². The van der Waals surface area contributed by atoms with Crippen LogP contribution in [0.2, 0.25) is 0 Å². The summed E-state index contributed by atoms with van der Waals surface area (Å²) in [7, 11) is 0. The maximum atomic E-state index is 10.6. The second-order valence-electron chi connectivity index (χ2n) is 5.51. The Morgan fingerprint density at radius 2 is 1.79 bits per heavy atom. The van der Waals surface area contributed by atoms with Crippen molar-refractivity contribution in [1.29, 1.82) is 0 Å². The molecule has 0 aromatic heterocycles. The lowest BCUT2D eigenvalue weighted by atomic mass is 10.1. The summed E-state index contributed by atoms with van der Waals surface area (Å²) in [6.45, 7) is 9.22. The van der Waals surface area contributed by atoms with Crippen molar-refractivity contribution in [3.8, 4) is 0 Å². The lowest BCUT2D eigenvalue weighted by molar-refractivity contribution is -0.927. The summed E-state index contributed by atoms with van der Waals surface area (Å²) < 4.78 is 0.670. The predicted molar refractivity (Wildman–Crippen MR) is 75.5 cm³/mol. The number of nitrogens with zero attached hydrogens (tertiary/aromatic N) is 1.